The number of rotatable bonds is 6. The fourth-order valence-electron chi connectivity index (χ4n) is 3.43. The van der Waals surface area contributed by atoms with Gasteiger partial charge in [-0.3, -0.25) is 0 Å². The maximum absolute atomic E-state index is 10.4. The molecule has 0 radical (unpaired) electrons. The average Bonchev–Trinajstić information content (AvgIpc) is 2.91. The van der Waals surface area contributed by atoms with Gasteiger partial charge in [-0.15, -0.1) is 0 Å². The number of aliphatic carboxylic acids is 1. The van der Waals surface area contributed by atoms with Crippen LogP contribution in [0.3, 0.4) is 0 Å². The quantitative estimate of drug-likeness (QED) is 0.414. The lowest BCUT2D eigenvalue weighted by Crippen LogP contribution is -2.57. The zero-order valence-electron chi connectivity index (χ0n) is 19.4. The van der Waals surface area contributed by atoms with Gasteiger partial charge in [-0.2, -0.15) is 0 Å². The second kappa shape index (κ2) is 14.4. The highest BCUT2D eigenvalue weighted by molar-refractivity contribution is 5.69. The third-order valence-electron chi connectivity index (χ3n) is 5.26. The van der Waals surface area contributed by atoms with Gasteiger partial charge in [-0.25, -0.2) is 0 Å². The molecule has 4 aromatic rings. The van der Waals surface area contributed by atoms with Crippen molar-refractivity contribution in [3.05, 3.63) is 132 Å². The Balaban J connectivity index is 0.000000224. The molecule has 0 saturated carbocycles. The number of nitrogens with two attached hydrogens (primary N) is 1. The zero-order valence-corrected chi connectivity index (χ0v) is 19.4. The molecule has 0 bridgehead atoms. The first-order chi connectivity index (χ1) is 16.5. The maximum Gasteiger partial charge on any atom is 0.130 e. The van der Waals surface area contributed by atoms with Crippen molar-refractivity contribution >= 4 is 5.97 Å². The summed E-state index contributed by atoms with van der Waals surface area (Å²) in [6.07, 6.45) is -0.0327. The molecule has 0 spiro atoms. The highest BCUT2D eigenvalue weighted by Gasteiger charge is 2.19. The van der Waals surface area contributed by atoms with Crippen LogP contribution in [-0.2, 0) is 11.2 Å². The fourth-order valence-corrected chi connectivity index (χ4v) is 3.43. The van der Waals surface area contributed by atoms with Crippen LogP contribution in [0.5, 0.6) is 0 Å². The van der Waals surface area contributed by atoms with Crippen LogP contribution in [0, 0.1) is 0 Å². The summed E-state index contributed by atoms with van der Waals surface area (Å²) in [5.41, 5.74) is 15.7. The molecule has 34 heavy (non-hydrogen) atoms. The lowest BCUT2D eigenvalue weighted by atomic mass is 9.95. The van der Waals surface area contributed by atoms with E-state index in [2.05, 4.69) is 17.9 Å². The van der Waals surface area contributed by atoms with Crippen molar-refractivity contribution in [1.29, 1.82) is 0 Å². The highest BCUT2D eigenvalue weighted by atomic mass is 16.4. The van der Waals surface area contributed by atoms with E-state index in [1.807, 2.05) is 103 Å². The second-order valence-electron chi connectivity index (χ2n) is 7.57. The molecule has 0 fully saturated rings. The largest absolute Gasteiger partial charge is 0.550 e. The van der Waals surface area contributed by atoms with Crippen molar-refractivity contribution in [2.75, 3.05) is 7.11 Å². The topological polar surface area (TPSA) is 114 Å². The van der Waals surface area contributed by atoms with E-state index in [1.165, 1.54) is 5.56 Å². The van der Waals surface area contributed by atoms with Crippen molar-refractivity contribution in [2.45, 2.75) is 18.5 Å². The summed E-state index contributed by atoms with van der Waals surface area (Å²) in [4.78, 5) is 10.4. The molecule has 5 heteroatoms. The molecule has 0 unspecified atom stereocenters. The lowest BCUT2D eigenvalue weighted by molar-refractivity contribution is -0.432. The number of carboxylic acid groups (broad SMARTS) is 1. The smallest absolute Gasteiger partial charge is 0.130 e. The van der Waals surface area contributed by atoms with Crippen molar-refractivity contribution in [3.8, 4) is 11.1 Å². The van der Waals surface area contributed by atoms with Crippen molar-refractivity contribution in [3.63, 3.8) is 0 Å². The molecule has 0 aliphatic heterocycles. The van der Waals surface area contributed by atoms with Crippen LogP contribution in [0.4, 0.5) is 0 Å². The minimum absolute atomic E-state index is 0.0327. The number of quaternary nitrogens is 1. The first kappa shape index (κ1) is 26.5. The predicted octanol–water partition coefficient (Wildman–Crippen LogP) is 2.92. The molecule has 0 heterocycles. The van der Waals surface area contributed by atoms with E-state index >= 15 is 0 Å². The van der Waals surface area contributed by atoms with Crippen LogP contribution in [0.2, 0.25) is 0 Å². The van der Waals surface area contributed by atoms with Crippen molar-refractivity contribution < 1.29 is 20.7 Å². The van der Waals surface area contributed by atoms with E-state index in [1.54, 1.807) is 0 Å². The number of carboxylic acids is 1. The van der Waals surface area contributed by atoms with E-state index in [4.69, 9.17) is 10.8 Å². The van der Waals surface area contributed by atoms with Crippen molar-refractivity contribution in [2.24, 2.45) is 5.73 Å². The van der Waals surface area contributed by atoms with Gasteiger partial charge in [-0.05, 0) is 22.3 Å². The first-order valence-corrected chi connectivity index (χ1v) is 11.0. The molecule has 0 aliphatic carbocycles. The van der Waals surface area contributed by atoms with Crippen LogP contribution >= 0.6 is 0 Å². The van der Waals surface area contributed by atoms with E-state index in [-0.39, 0.29) is 18.5 Å². The number of aliphatic hydroxyl groups is 1. The Labute approximate surface area is 201 Å². The molecule has 0 amide bonds. The lowest BCUT2D eigenvalue weighted by Gasteiger charge is -2.17. The van der Waals surface area contributed by atoms with Gasteiger partial charge >= 0.3 is 0 Å². The van der Waals surface area contributed by atoms with Crippen LogP contribution < -0.4 is 16.6 Å². The Hall–Kier alpha value is -3.77. The molecule has 6 N–H and O–H groups in total. The molecule has 0 saturated heterocycles. The summed E-state index contributed by atoms with van der Waals surface area (Å²) in [5, 5.41) is 17.4. The maximum atomic E-state index is 10.4. The zero-order chi connectivity index (χ0) is 24.8. The molecular formula is C29H32N2O3. The standard InChI is InChI=1S/C14H16N2.C14H12O2.CH4O/c15-13(11-7-3-1-4-8-11)14(16)12-9-5-2-6-10-12;15-14(16)10-11-6-8-13(9-7-11)12-4-2-1-3-5-12;1-2/h1-10,13-14H,15-16H2;1-9H,10H2,(H,15,16);2H,1H3/t13-,14-;;/m0../s1. The summed E-state index contributed by atoms with van der Waals surface area (Å²) < 4.78 is 0. The SMILES string of the molecule is CO.N[C@@H](c1ccccc1)[C@@H]([NH3+])c1ccccc1.O=C([O-])Cc1ccc(-c2ccccc2)cc1. The molecule has 4 rings (SSSR count). The third kappa shape index (κ3) is 8.30. The van der Waals surface area contributed by atoms with Crippen LogP contribution in [-0.4, -0.2) is 18.2 Å². The van der Waals surface area contributed by atoms with Crippen LogP contribution in [0.25, 0.3) is 11.1 Å². The van der Waals surface area contributed by atoms with Gasteiger partial charge in [0.1, 0.15) is 6.04 Å². The summed E-state index contributed by atoms with van der Waals surface area (Å²) in [6.45, 7) is 0. The van der Waals surface area contributed by atoms with Gasteiger partial charge in [0.2, 0.25) is 0 Å². The fraction of sp³-hybridized carbons (Fsp3) is 0.138. The summed E-state index contributed by atoms with van der Waals surface area (Å²) in [7, 11) is 1.00. The second-order valence-corrected chi connectivity index (χ2v) is 7.57. The number of carbonyl (C=O) groups is 1. The molecule has 5 nitrogen and oxygen atoms in total. The normalized spacial score (nSPS) is 11.6. The molecule has 176 valence electrons. The molecule has 0 aromatic heterocycles. The predicted molar refractivity (Wildman–Crippen MR) is 134 cm³/mol. The highest BCUT2D eigenvalue weighted by Crippen LogP contribution is 2.22. The Kier molecular flexibility index (Phi) is 11.2. The minimum atomic E-state index is -1.05. The van der Waals surface area contributed by atoms with Gasteiger partial charge in [0.15, 0.2) is 0 Å². The van der Waals surface area contributed by atoms with E-state index in [0.717, 1.165) is 29.4 Å². The third-order valence-corrected chi connectivity index (χ3v) is 5.26. The van der Waals surface area contributed by atoms with E-state index in [9.17, 15) is 9.90 Å². The summed E-state index contributed by atoms with van der Waals surface area (Å²) in [6, 6.07) is 37.8. The number of aliphatic hydroxyl groups excluding tert-OH is 1. The monoisotopic (exact) mass is 456 g/mol. The Morgan fingerprint density at radius 3 is 1.62 bits per heavy atom. The van der Waals surface area contributed by atoms with E-state index < -0.39 is 5.97 Å². The first-order valence-electron chi connectivity index (χ1n) is 11.0. The van der Waals surface area contributed by atoms with Gasteiger partial charge in [-0.1, -0.05) is 115 Å². The van der Waals surface area contributed by atoms with Gasteiger partial charge < -0.3 is 26.5 Å². The van der Waals surface area contributed by atoms with E-state index in [0.29, 0.717) is 0 Å². The van der Waals surface area contributed by atoms with Crippen molar-refractivity contribution in [1.82, 2.24) is 0 Å². The Morgan fingerprint density at radius 1 is 0.735 bits per heavy atom. The number of benzene rings is 4. The van der Waals surface area contributed by atoms with Gasteiger partial charge in [0.25, 0.3) is 0 Å². The average molecular weight is 457 g/mol. The number of hydrogen-bond acceptors (Lipinski definition) is 4. The Bertz CT molecular complexity index is 1040. The minimum Gasteiger partial charge on any atom is -0.550 e. The molecule has 0 aliphatic rings. The number of carbonyl (C=O) groups excluding carboxylic acids is 1. The van der Waals surface area contributed by atoms with Crippen LogP contribution in [0.1, 0.15) is 28.8 Å². The summed E-state index contributed by atoms with van der Waals surface area (Å²) in [5.74, 6) is -1.05. The molecule has 2 atom stereocenters. The van der Waals surface area contributed by atoms with Gasteiger partial charge in [0, 0.05) is 25.1 Å². The van der Waals surface area contributed by atoms with Gasteiger partial charge in [0.05, 0.1) is 6.04 Å². The summed E-state index contributed by atoms with van der Waals surface area (Å²) >= 11 is 0. The van der Waals surface area contributed by atoms with Crippen LogP contribution in [0.15, 0.2) is 115 Å². The Morgan fingerprint density at radius 2 is 1.15 bits per heavy atom. The number of hydrogen-bond donors (Lipinski definition) is 3. The molecular weight excluding hydrogens is 424 g/mol. The molecule has 4 aromatic carbocycles.